The van der Waals surface area contributed by atoms with E-state index in [4.69, 9.17) is 0 Å². The molecule has 1 aromatic rings. The molecule has 0 saturated carbocycles. The average Bonchev–Trinajstić information content (AvgIpc) is 2.04. The number of nitrogens with zero attached hydrogens (tertiary/aromatic N) is 1. The molecule has 3 nitrogen and oxygen atoms in total. The predicted molar refractivity (Wildman–Crippen MR) is 46.5 cm³/mol. The molecule has 1 heterocycles. The molecule has 3 heteroatoms. The Labute approximate surface area is 72.0 Å². The molecule has 1 rings (SSSR count). The standard InChI is InChI=1S/C9H12N2O/c1-3-9(12)10-8-5-4-6-11(2)7-8/h4-7H,3H2,1-2H3/p+1. The third kappa shape index (κ3) is 2.34. The maximum Gasteiger partial charge on any atom is 0.224 e. The lowest BCUT2D eigenvalue weighted by molar-refractivity contribution is -0.670. The van der Waals surface area contributed by atoms with Crippen LogP contribution in [0.5, 0.6) is 0 Å². The highest BCUT2D eigenvalue weighted by molar-refractivity contribution is 5.90. The molecule has 0 saturated heterocycles. The molecule has 0 aromatic carbocycles. The van der Waals surface area contributed by atoms with Crippen molar-refractivity contribution >= 4 is 11.6 Å². The number of aryl methyl sites for hydroxylation is 1. The van der Waals surface area contributed by atoms with Crippen LogP contribution in [0.25, 0.3) is 0 Å². The van der Waals surface area contributed by atoms with Gasteiger partial charge in [0.25, 0.3) is 0 Å². The summed E-state index contributed by atoms with van der Waals surface area (Å²) in [5.74, 6) is 0.0428. The first kappa shape index (κ1) is 8.71. The monoisotopic (exact) mass is 165 g/mol. The van der Waals surface area contributed by atoms with Crippen molar-refractivity contribution in [1.29, 1.82) is 0 Å². The molecular formula is C9H13N2O+. The first-order valence-electron chi connectivity index (χ1n) is 3.97. The Bertz CT molecular complexity index is 284. The summed E-state index contributed by atoms with van der Waals surface area (Å²) in [5.41, 5.74) is 0.840. The molecule has 0 aliphatic rings. The number of carbonyl (C=O) groups excluding carboxylic acids is 1. The minimum absolute atomic E-state index is 0.0428. The van der Waals surface area contributed by atoms with Crippen molar-refractivity contribution in [2.24, 2.45) is 7.05 Å². The number of pyridine rings is 1. The van der Waals surface area contributed by atoms with Gasteiger partial charge in [0.2, 0.25) is 5.91 Å². The van der Waals surface area contributed by atoms with Crippen molar-refractivity contribution in [3.63, 3.8) is 0 Å². The number of nitrogens with one attached hydrogen (secondary N) is 1. The number of aromatic nitrogens is 1. The van der Waals surface area contributed by atoms with Crippen LogP contribution >= 0.6 is 0 Å². The Morgan fingerprint density at radius 2 is 2.42 bits per heavy atom. The van der Waals surface area contributed by atoms with Crippen LogP contribution in [0, 0.1) is 0 Å². The lowest BCUT2D eigenvalue weighted by atomic mass is 10.4. The van der Waals surface area contributed by atoms with Crippen molar-refractivity contribution in [3.8, 4) is 0 Å². The number of anilines is 1. The van der Waals surface area contributed by atoms with Gasteiger partial charge in [-0.25, -0.2) is 4.57 Å². The van der Waals surface area contributed by atoms with Crippen LogP contribution in [0.1, 0.15) is 13.3 Å². The number of carbonyl (C=O) groups is 1. The van der Waals surface area contributed by atoms with Crippen molar-refractivity contribution in [3.05, 3.63) is 24.5 Å². The SMILES string of the molecule is CCC(=O)Nc1ccc[n+](C)c1. The van der Waals surface area contributed by atoms with E-state index in [-0.39, 0.29) is 5.91 Å². The number of hydrogen-bond donors (Lipinski definition) is 1. The van der Waals surface area contributed by atoms with Gasteiger partial charge in [-0.2, -0.15) is 0 Å². The molecule has 1 N–H and O–H groups in total. The molecule has 64 valence electrons. The molecule has 0 aliphatic carbocycles. The minimum Gasteiger partial charge on any atom is -0.321 e. The van der Waals surface area contributed by atoms with Crippen molar-refractivity contribution in [2.45, 2.75) is 13.3 Å². The molecule has 0 spiro atoms. The molecule has 1 aromatic heterocycles. The smallest absolute Gasteiger partial charge is 0.224 e. The summed E-state index contributed by atoms with van der Waals surface area (Å²) in [4.78, 5) is 11.0. The second-order valence-electron chi connectivity index (χ2n) is 2.66. The molecule has 0 atom stereocenters. The van der Waals surface area contributed by atoms with Crippen LogP contribution in [-0.2, 0) is 11.8 Å². The zero-order chi connectivity index (χ0) is 8.97. The van der Waals surface area contributed by atoms with E-state index in [1.807, 2.05) is 43.1 Å². The van der Waals surface area contributed by atoms with Crippen LogP contribution < -0.4 is 9.88 Å². The normalized spacial score (nSPS) is 9.50. The van der Waals surface area contributed by atoms with Crippen LogP contribution in [0.4, 0.5) is 5.69 Å². The van der Waals surface area contributed by atoms with E-state index in [0.29, 0.717) is 6.42 Å². The fourth-order valence-corrected chi connectivity index (χ4v) is 0.911. The summed E-state index contributed by atoms with van der Waals surface area (Å²) in [6.45, 7) is 1.83. The molecule has 0 unspecified atom stereocenters. The second kappa shape index (κ2) is 3.85. The van der Waals surface area contributed by atoms with Gasteiger partial charge in [-0.15, -0.1) is 0 Å². The molecular weight excluding hydrogens is 152 g/mol. The molecule has 0 aliphatic heterocycles. The van der Waals surface area contributed by atoms with E-state index in [0.717, 1.165) is 5.69 Å². The number of rotatable bonds is 2. The Hall–Kier alpha value is -1.38. The van der Waals surface area contributed by atoms with Crippen molar-refractivity contribution < 1.29 is 9.36 Å². The molecule has 12 heavy (non-hydrogen) atoms. The van der Waals surface area contributed by atoms with Gasteiger partial charge in [-0.1, -0.05) is 6.92 Å². The minimum atomic E-state index is 0.0428. The Balaban J connectivity index is 2.69. The first-order valence-corrected chi connectivity index (χ1v) is 3.97. The van der Waals surface area contributed by atoms with E-state index in [1.165, 1.54) is 0 Å². The highest BCUT2D eigenvalue weighted by Crippen LogP contribution is 2.01. The van der Waals surface area contributed by atoms with Gasteiger partial charge in [-0.3, -0.25) is 4.79 Å². The lowest BCUT2D eigenvalue weighted by Gasteiger charge is -1.99. The summed E-state index contributed by atoms with van der Waals surface area (Å²) in [5, 5.41) is 2.77. The van der Waals surface area contributed by atoms with E-state index >= 15 is 0 Å². The summed E-state index contributed by atoms with van der Waals surface area (Å²) < 4.78 is 1.89. The molecule has 0 fully saturated rings. The quantitative estimate of drug-likeness (QED) is 0.648. The zero-order valence-corrected chi connectivity index (χ0v) is 7.37. The van der Waals surface area contributed by atoms with Gasteiger partial charge in [-0.05, 0) is 6.07 Å². The van der Waals surface area contributed by atoms with E-state index < -0.39 is 0 Å². The van der Waals surface area contributed by atoms with Crippen LogP contribution in [-0.4, -0.2) is 5.91 Å². The average molecular weight is 165 g/mol. The van der Waals surface area contributed by atoms with E-state index in [2.05, 4.69) is 5.32 Å². The van der Waals surface area contributed by atoms with Gasteiger partial charge < -0.3 is 5.32 Å². The van der Waals surface area contributed by atoms with E-state index in [9.17, 15) is 4.79 Å². The Morgan fingerprint density at radius 3 is 3.00 bits per heavy atom. The summed E-state index contributed by atoms with van der Waals surface area (Å²) >= 11 is 0. The maximum absolute atomic E-state index is 11.0. The van der Waals surface area contributed by atoms with Crippen LogP contribution in [0.3, 0.4) is 0 Å². The first-order chi connectivity index (χ1) is 5.72. The highest BCUT2D eigenvalue weighted by atomic mass is 16.1. The van der Waals surface area contributed by atoms with Gasteiger partial charge in [0.1, 0.15) is 12.7 Å². The zero-order valence-electron chi connectivity index (χ0n) is 7.37. The molecule has 0 radical (unpaired) electrons. The highest BCUT2D eigenvalue weighted by Gasteiger charge is 2.00. The maximum atomic E-state index is 11.0. The fraction of sp³-hybridized carbons (Fsp3) is 0.333. The van der Waals surface area contributed by atoms with Crippen molar-refractivity contribution in [2.75, 3.05) is 5.32 Å². The van der Waals surface area contributed by atoms with Crippen LogP contribution in [0.15, 0.2) is 24.5 Å². The lowest BCUT2D eigenvalue weighted by Crippen LogP contribution is -2.27. The van der Waals surface area contributed by atoms with Crippen LogP contribution in [0.2, 0.25) is 0 Å². The summed E-state index contributed by atoms with van der Waals surface area (Å²) in [7, 11) is 1.92. The van der Waals surface area contributed by atoms with Gasteiger partial charge in [0.05, 0.1) is 0 Å². The second-order valence-corrected chi connectivity index (χ2v) is 2.66. The third-order valence-corrected chi connectivity index (χ3v) is 1.54. The van der Waals surface area contributed by atoms with Crippen molar-refractivity contribution in [1.82, 2.24) is 0 Å². The fourth-order valence-electron chi connectivity index (χ4n) is 0.911. The van der Waals surface area contributed by atoms with Gasteiger partial charge in [0.15, 0.2) is 12.4 Å². The topological polar surface area (TPSA) is 33.0 Å². The number of hydrogen-bond acceptors (Lipinski definition) is 1. The molecule has 1 amide bonds. The molecule has 0 bridgehead atoms. The van der Waals surface area contributed by atoms with Gasteiger partial charge in [0, 0.05) is 12.5 Å². The third-order valence-electron chi connectivity index (χ3n) is 1.54. The van der Waals surface area contributed by atoms with Gasteiger partial charge >= 0.3 is 0 Å². The number of amides is 1. The Kier molecular flexibility index (Phi) is 2.80. The van der Waals surface area contributed by atoms with E-state index in [1.54, 1.807) is 0 Å². The largest absolute Gasteiger partial charge is 0.321 e. The summed E-state index contributed by atoms with van der Waals surface area (Å²) in [6, 6.07) is 3.76. The Morgan fingerprint density at radius 1 is 1.67 bits per heavy atom. The predicted octanol–water partition coefficient (Wildman–Crippen LogP) is 0.860. The summed E-state index contributed by atoms with van der Waals surface area (Å²) in [6.07, 6.45) is 4.30.